The Kier molecular flexibility index (Phi) is 6.19. The van der Waals surface area contributed by atoms with E-state index in [1.165, 1.54) is 20.3 Å². The Balaban J connectivity index is 1.99. The average molecular weight is 395 g/mol. The Morgan fingerprint density at radius 1 is 1.07 bits per heavy atom. The van der Waals surface area contributed by atoms with Crippen LogP contribution in [-0.2, 0) is 19.1 Å². The number of hydrogen-bond donors (Lipinski definition) is 1. The molecule has 0 aromatic heterocycles. The number of hydrogen-bond acceptors (Lipinski definition) is 7. The molecule has 7 heteroatoms. The van der Waals surface area contributed by atoms with E-state index in [1.54, 1.807) is 37.3 Å². The van der Waals surface area contributed by atoms with E-state index in [1.807, 2.05) is 18.2 Å². The summed E-state index contributed by atoms with van der Waals surface area (Å²) in [6, 6.07) is 14.3. The first-order valence-electron chi connectivity index (χ1n) is 8.97. The van der Waals surface area contributed by atoms with Gasteiger partial charge in [-0.25, -0.2) is 4.79 Å². The number of methoxy groups -OCH3 is 2. The highest BCUT2D eigenvalue weighted by Gasteiger charge is 2.37. The fourth-order valence-corrected chi connectivity index (χ4v) is 2.82. The van der Waals surface area contributed by atoms with Crippen LogP contribution in [0.3, 0.4) is 0 Å². The maximum absolute atomic E-state index is 12.9. The summed E-state index contributed by atoms with van der Waals surface area (Å²) < 4.78 is 21.4. The second-order valence-corrected chi connectivity index (χ2v) is 5.94. The molecule has 0 amide bonds. The third-order valence-corrected chi connectivity index (χ3v) is 4.12. The van der Waals surface area contributed by atoms with Crippen LogP contribution in [0.15, 0.2) is 65.7 Å². The quantitative estimate of drug-likeness (QED) is 0.436. The molecule has 0 saturated heterocycles. The normalized spacial score (nSPS) is 14.6. The number of ketones is 1. The van der Waals surface area contributed by atoms with Crippen molar-refractivity contribution in [3.05, 3.63) is 71.3 Å². The van der Waals surface area contributed by atoms with Crippen molar-refractivity contribution in [1.82, 2.24) is 0 Å². The second-order valence-electron chi connectivity index (χ2n) is 5.94. The van der Waals surface area contributed by atoms with E-state index < -0.39 is 11.8 Å². The van der Waals surface area contributed by atoms with Crippen LogP contribution in [0.5, 0.6) is 11.5 Å². The minimum atomic E-state index is -0.753. The Morgan fingerprint density at radius 2 is 1.83 bits per heavy atom. The van der Waals surface area contributed by atoms with Crippen LogP contribution in [0.2, 0.25) is 0 Å². The van der Waals surface area contributed by atoms with Gasteiger partial charge in [-0.3, -0.25) is 4.79 Å². The number of anilines is 1. The van der Waals surface area contributed by atoms with Crippen LogP contribution in [0.1, 0.15) is 12.5 Å². The smallest absolute Gasteiger partial charge is 0.347 e. The minimum absolute atomic E-state index is 0.0211. The number of benzene rings is 2. The summed E-state index contributed by atoms with van der Waals surface area (Å²) >= 11 is 0. The SMILES string of the molecule is CCOC(=O)C1=C(Nc2ccccc2)O/C(=C\c2cccc(OC)c2OC)C1=O. The number of carbonyl (C=O) groups excluding carboxylic acids is 2. The van der Waals surface area contributed by atoms with Gasteiger partial charge in [0.2, 0.25) is 11.7 Å². The van der Waals surface area contributed by atoms with Crippen LogP contribution < -0.4 is 14.8 Å². The average Bonchev–Trinajstić information content (AvgIpc) is 3.03. The molecule has 0 atom stereocenters. The van der Waals surface area contributed by atoms with Crippen LogP contribution in [0.25, 0.3) is 6.08 Å². The van der Waals surface area contributed by atoms with Crippen LogP contribution in [0.4, 0.5) is 5.69 Å². The highest BCUT2D eigenvalue weighted by molar-refractivity contribution is 6.26. The molecule has 3 rings (SSSR count). The molecule has 7 nitrogen and oxygen atoms in total. The number of allylic oxidation sites excluding steroid dienone is 1. The molecule has 1 heterocycles. The highest BCUT2D eigenvalue weighted by Crippen LogP contribution is 2.35. The van der Waals surface area contributed by atoms with Crippen molar-refractivity contribution in [2.24, 2.45) is 0 Å². The van der Waals surface area contributed by atoms with Crippen LogP contribution in [0, 0.1) is 0 Å². The third kappa shape index (κ3) is 4.24. The Labute approximate surface area is 168 Å². The Hall–Kier alpha value is -3.74. The fourth-order valence-electron chi connectivity index (χ4n) is 2.82. The van der Waals surface area contributed by atoms with Gasteiger partial charge in [0.15, 0.2) is 22.8 Å². The number of ether oxygens (including phenoxy) is 4. The van der Waals surface area contributed by atoms with Gasteiger partial charge >= 0.3 is 5.97 Å². The lowest BCUT2D eigenvalue weighted by molar-refractivity contribution is -0.139. The maximum Gasteiger partial charge on any atom is 0.347 e. The number of nitrogens with one attached hydrogen (secondary N) is 1. The predicted molar refractivity (Wildman–Crippen MR) is 107 cm³/mol. The predicted octanol–water partition coefficient (Wildman–Crippen LogP) is 3.53. The molecular weight excluding hydrogens is 374 g/mol. The summed E-state index contributed by atoms with van der Waals surface area (Å²) in [6.45, 7) is 1.80. The molecule has 1 aliphatic rings. The van der Waals surface area contributed by atoms with Gasteiger partial charge in [-0.2, -0.15) is 0 Å². The summed E-state index contributed by atoms with van der Waals surface area (Å²) in [5, 5.41) is 2.97. The van der Waals surface area contributed by atoms with E-state index in [0.29, 0.717) is 22.7 Å². The molecule has 0 radical (unpaired) electrons. The largest absolute Gasteiger partial charge is 0.493 e. The molecule has 1 N–H and O–H groups in total. The molecule has 0 saturated carbocycles. The summed E-state index contributed by atoms with van der Waals surface area (Å²) in [4.78, 5) is 25.3. The number of Topliss-reactive ketones (excluding diaryl/α,β-unsaturated/α-hetero) is 1. The molecule has 29 heavy (non-hydrogen) atoms. The number of esters is 1. The van der Waals surface area contributed by atoms with Crippen molar-refractivity contribution >= 4 is 23.5 Å². The van der Waals surface area contributed by atoms with Crippen molar-refractivity contribution in [3.8, 4) is 11.5 Å². The molecule has 0 unspecified atom stereocenters. The van der Waals surface area contributed by atoms with Crippen molar-refractivity contribution < 1.29 is 28.5 Å². The topological polar surface area (TPSA) is 83.1 Å². The zero-order valence-corrected chi connectivity index (χ0v) is 16.4. The van der Waals surface area contributed by atoms with Gasteiger partial charge in [0.1, 0.15) is 0 Å². The summed E-state index contributed by atoms with van der Waals surface area (Å²) in [6.07, 6.45) is 1.50. The van der Waals surface area contributed by atoms with E-state index in [9.17, 15) is 9.59 Å². The Morgan fingerprint density at radius 3 is 2.48 bits per heavy atom. The van der Waals surface area contributed by atoms with Crippen molar-refractivity contribution in [2.45, 2.75) is 6.92 Å². The van der Waals surface area contributed by atoms with Crippen LogP contribution >= 0.6 is 0 Å². The first kappa shape index (κ1) is 20.0. The van der Waals surface area contributed by atoms with E-state index in [-0.39, 0.29) is 23.8 Å². The molecule has 0 aliphatic carbocycles. The molecule has 2 aromatic carbocycles. The van der Waals surface area contributed by atoms with Gasteiger partial charge in [-0.1, -0.05) is 30.3 Å². The summed E-state index contributed by atoms with van der Waals surface area (Å²) in [5.41, 5.74) is 1.04. The van der Waals surface area contributed by atoms with Gasteiger partial charge in [-0.05, 0) is 31.2 Å². The van der Waals surface area contributed by atoms with E-state index in [4.69, 9.17) is 18.9 Å². The lowest BCUT2D eigenvalue weighted by Crippen LogP contribution is -2.16. The van der Waals surface area contributed by atoms with Crippen LogP contribution in [-0.4, -0.2) is 32.6 Å². The molecule has 0 bridgehead atoms. The zero-order valence-electron chi connectivity index (χ0n) is 16.4. The lowest BCUT2D eigenvalue weighted by atomic mass is 10.1. The van der Waals surface area contributed by atoms with E-state index in [2.05, 4.69) is 5.32 Å². The number of carbonyl (C=O) groups is 2. The van der Waals surface area contributed by atoms with Gasteiger partial charge in [0.05, 0.1) is 20.8 Å². The first-order valence-corrected chi connectivity index (χ1v) is 8.97. The molecule has 0 spiro atoms. The van der Waals surface area contributed by atoms with Gasteiger partial charge in [0.25, 0.3) is 0 Å². The molecular formula is C22H21NO6. The van der Waals surface area contributed by atoms with Gasteiger partial charge in [-0.15, -0.1) is 0 Å². The highest BCUT2D eigenvalue weighted by atomic mass is 16.5. The standard InChI is InChI=1S/C22H21NO6/c1-4-28-22(25)18-19(24)17(29-21(18)23-15-10-6-5-7-11-15)13-14-9-8-12-16(26-2)20(14)27-3/h5-13,23H,4H2,1-3H3/b17-13-. The Bertz CT molecular complexity index is 978. The van der Waals surface area contributed by atoms with Gasteiger partial charge < -0.3 is 24.3 Å². The molecule has 1 aliphatic heterocycles. The molecule has 2 aromatic rings. The van der Waals surface area contributed by atoms with Crippen molar-refractivity contribution in [1.29, 1.82) is 0 Å². The van der Waals surface area contributed by atoms with E-state index >= 15 is 0 Å². The minimum Gasteiger partial charge on any atom is -0.493 e. The monoisotopic (exact) mass is 395 g/mol. The number of para-hydroxylation sites is 2. The summed E-state index contributed by atoms with van der Waals surface area (Å²) in [5.74, 6) is -0.385. The van der Waals surface area contributed by atoms with Crippen molar-refractivity contribution in [3.63, 3.8) is 0 Å². The molecule has 0 fully saturated rings. The van der Waals surface area contributed by atoms with Crippen molar-refractivity contribution in [2.75, 3.05) is 26.1 Å². The molecule has 150 valence electrons. The third-order valence-electron chi connectivity index (χ3n) is 4.12. The number of rotatable bonds is 7. The van der Waals surface area contributed by atoms with E-state index in [0.717, 1.165) is 0 Å². The zero-order chi connectivity index (χ0) is 20.8. The first-order chi connectivity index (χ1) is 14.1. The lowest BCUT2D eigenvalue weighted by Gasteiger charge is -2.11. The fraction of sp³-hybridized carbons (Fsp3) is 0.182. The second kappa shape index (κ2) is 8.97. The van der Waals surface area contributed by atoms with Gasteiger partial charge in [0, 0.05) is 11.3 Å². The maximum atomic E-state index is 12.9. The summed E-state index contributed by atoms with van der Waals surface area (Å²) in [7, 11) is 3.02.